The molecule has 0 unspecified atom stereocenters. The van der Waals surface area contributed by atoms with Gasteiger partial charge in [0.15, 0.2) is 0 Å². The molecule has 0 bridgehead atoms. The summed E-state index contributed by atoms with van der Waals surface area (Å²) in [6.07, 6.45) is 1.38. The van der Waals surface area contributed by atoms with Gasteiger partial charge in [0.2, 0.25) is 0 Å². The van der Waals surface area contributed by atoms with Crippen LogP contribution in [0.4, 0.5) is 15.9 Å². The number of hydrogen-bond acceptors (Lipinski definition) is 3. The van der Waals surface area contributed by atoms with Crippen LogP contribution in [0.15, 0.2) is 41.0 Å². The number of rotatable bonds is 3. The molecule has 0 aliphatic rings. The molecule has 0 spiro atoms. The van der Waals surface area contributed by atoms with Crippen molar-refractivity contribution in [3.8, 4) is 0 Å². The zero-order valence-corrected chi connectivity index (χ0v) is 10.6. The third-order valence-electron chi connectivity index (χ3n) is 2.20. The molecule has 1 aromatic heterocycles. The summed E-state index contributed by atoms with van der Waals surface area (Å²) in [5.41, 5.74) is 0.607. The molecule has 2 rings (SSSR count). The Morgan fingerprint density at radius 1 is 1.33 bits per heavy atom. The van der Waals surface area contributed by atoms with Gasteiger partial charge in [0.05, 0.1) is 10.0 Å². The minimum atomic E-state index is -1.04. The Morgan fingerprint density at radius 3 is 2.78 bits per heavy atom. The number of carboxylic acid groups (broad SMARTS) is 1. The number of carbonyl (C=O) groups is 1. The number of halogens is 2. The highest BCUT2D eigenvalue weighted by atomic mass is 79.9. The van der Waals surface area contributed by atoms with Crippen LogP contribution in [0.25, 0.3) is 0 Å². The normalized spacial score (nSPS) is 10.1. The molecule has 2 N–H and O–H groups in total. The van der Waals surface area contributed by atoms with Gasteiger partial charge in [-0.25, -0.2) is 14.2 Å². The van der Waals surface area contributed by atoms with Crippen molar-refractivity contribution >= 4 is 33.4 Å². The second-order valence-corrected chi connectivity index (χ2v) is 4.34. The second-order valence-electron chi connectivity index (χ2n) is 3.49. The first-order valence-electron chi connectivity index (χ1n) is 4.97. The molecular weight excluding hydrogens is 303 g/mol. The Labute approximate surface area is 111 Å². The maximum Gasteiger partial charge on any atom is 0.335 e. The number of nitrogens with one attached hydrogen (secondary N) is 1. The molecule has 0 saturated heterocycles. The van der Waals surface area contributed by atoms with Crippen molar-refractivity contribution < 1.29 is 14.3 Å². The molecule has 2 aromatic rings. The van der Waals surface area contributed by atoms with Crippen molar-refractivity contribution in [1.29, 1.82) is 0 Å². The van der Waals surface area contributed by atoms with E-state index in [2.05, 4.69) is 26.2 Å². The summed E-state index contributed by atoms with van der Waals surface area (Å²) in [7, 11) is 0. The average molecular weight is 311 g/mol. The van der Waals surface area contributed by atoms with E-state index in [-0.39, 0.29) is 5.56 Å². The standard InChI is InChI=1S/C12H8BrFN2O2/c13-9-2-1-8(6-10(9)14)16-11-5-7(12(17)18)3-4-15-11/h1-6H,(H,15,16)(H,17,18). The Kier molecular flexibility index (Phi) is 3.57. The molecule has 6 heteroatoms. The van der Waals surface area contributed by atoms with Crippen LogP contribution in [0.3, 0.4) is 0 Å². The van der Waals surface area contributed by atoms with Crippen LogP contribution in [-0.2, 0) is 0 Å². The Hall–Kier alpha value is -1.95. The minimum Gasteiger partial charge on any atom is -0.478 e. The van der Waals surface area contributed by atoms with Gasteiger partial charge in [0.25, 0.3) is 0 Å². The van der Waals surface area contributed by atoms with Gasteiger partial charge in [0.1, 0.15) is 11.6 Å². The van der Waals surface area contributed by atoms with Crippen molar-refractivity contribution in [2.45, 2.75) is 0 Å². The maximum atomic E-state index is 13.3. The second kappa shape index (κ2) is 5.14. The number of carboxylic acids is 1. The van der Waals surface area contributed by atoms with E-state index in [9.17, 15) is 9.18 Å². The molecule has 92 valence electrons. The fraction of sp³-hybridized carbons (Fsp3) is 0. The van der Waals surface area contributed by atoms with Gasteiger partial charge < -0.3 is 10.4 Å². The van der Waals surface area contributed by atoms with Crippen LogP contribution >= 0.6 is 15.9 Å². The van der Waals surface area contributed by atoms with Crippen molar-refractivity contribution in [2.75, 3.05) is 5.32 Å². The van der Waals surface area contributed by atoms with Crippen molar-refractivity contribution in [3.63, 3.8) is 0 Å². The zero-order chi connectivity index (χ0) is 13.1. The lowest BCUT2D eigenvalue weighted by Crippen LogP contribution is -2.00. The van der Waals surface area contributed by atoms with Crippen LogP contribution in [0.1, 0.15) is 10.4 Å². The fourth-order valence-electron chi connectivity index (χ4n) is 1.35. The van der Waals surface area contributed by atoms with Gasteiger partial charge in [-0.15, -0.1) is 0 Å². The summed E-state index contributed by atoms with van der Waals surface area (Å²) in [6.45, 7) is 0. The van der Waals surface area contributed by atoms with Gasteiger partial charge in [0, 0.05) is 11.9 Å². The maximum absolute atomic E-state index is 13.3. The fourth-order valence-corrected chi connectivity index (χ4v) is 1.60. The van der Waals surface area contributed by atoms with Crippen molar-refractivity contribution in [3.05, 3.63) is 52.4 Å². The van der Waals surface area contributed by atoms with Crippen LogP contribution in [0.2, 0.25) is 0 Å². The third-order valence-corrected chi connectivity index (χ3v) is 2.84. The lowest BCUT2D eigenvalue weighted by molar-refractivity contribution is 0.0697. The summed E-state index contributed by atoms with van der Waals surface area (Å²) in [5.74, 6) is -1.10. The number of benzene rings is 1. The first kappa shape index (κ1) is 12.5. The highest BCUT2D eigenvalue weighted by Gasteiger charge is 2.05. The first-order valence-corrected chi connectivity index (χ1v) is 5.77. The number of hydrogen-bond donors (Lipinski definition) is 2. The number of pyridine rings is 1. The van der Waals surface area contributed by atoms with E-state index in [4.69, 9.17) is 5.11 Å². The minimum absolute atomic E-state index is 0.116. The number of anilines is 2. The smallest absolute Gasteiger partial charge is 0.335 e. The van der Waals surface area contributed by atoms with E-state index in [1.165, 1.54) is 24.4 Å². The van der Waals surface area contributed by atoms with E-state index >= 15 is 0 Å². The van der Waals surface area contributed by atoms with Gasteiger partial charge in [-0.2, -0.15) is 0 Å². The van der Waals surface area contributed by atoms with Gasteiger partial charge in [-0.05, 0) is 46.3 Å². The lowest BCUT2D eigenvalue weighted by atomic mass is 10.2. The molecule has 1 aromatic carbocycles. The Balaban J connectivity index is 2.25. The molecule has 0 atom stereocenters. The van der Waals surface area contributed by atoms with E-state index in [1.54, 1.807) is 12.1 Å². The summed E-state index contributed by atoms with van der Waals surface area (Å²) in [4.78, 5) is 14.7. The van der Waals surface area contributed by atoms with E-state index < -0.39 is 11.8 Å². The SMILES string of the molecule is O=C(O)c1ccnc(Nc2ccc(Br)c(F)c2)c1. The Morgan fingerprint density at radius 2 is 2.11 bits per heavy atom. The molecule has 0 amide bonds. The quantitative estimate of drug-likeness (QED) is 0.911. The van der Waals surface area contributed by atoms with E-state index in [0.717, 1.165) is 0 Å². The molecule has 0 aliphatic carbocycles. The molecular formula is C12H8BrFN2O2. The summed E-state index contributed by atoms with van der Waals surface area (Å²) in [6, 6.07) is 7.26. The molecule has 4 nitrogen and oxygen atoms in total. The van der Waals surface area contributed by atoms with E-state index in [0.29, 0.717) is 16.0 Å². The predicted octanol–water partition coefficient (Wildman–Crippen LogP) is 3.43. The summed E-state index contributed by atoms with van der Waals surface area (Å²) < 4.78 is 13.6. The molecule has 18 heavy (non-hydrogen) atoms. The zero-order valence-electron chi connectivity index (χ0n) is 9.02. The third kappa shape index (κ3) is 2.84. The topological polar surface area (TPSA) is 62.2 Å². The van der Waals surface area contributed by atoms with Crippen LogP contribution in [-0.4, -0.2) is 16.1 Å². The lowest BCUT2D eigenvalue weighted by Gasteiger charge is -2.06. The van der Waals surface area contributed by atoms with Gasteiger partial charge >= 0.3 is 5.97 Å². The number of aromatic nitrogens is 1. The Bertz CT molecular complexity index is 604. The van der Waals surface area contributed by atoms with Crippen molar-refractivity contribution in [2.24, 2.45) is 0 Å². The molecule has 0 saturated carbocycles. The molecule has 1 heterocycles. The molecule has 0 radical (unpaired) electrons. The highest BCUT2D eigenvalue weighted by Crippen LogP contribution is 2.21. The predicted molar refractivity (Wildman–Crippen MR) is 68.6 cm³/mol. The van der Waals surface area contributed by atoms with Crippen LogP contribution in [0, 0.1) is 5.82 Å². The van der Waals surface area contributed by atoms with Gasteiger partial charge in [-0.3, -0.25) is 0 Å². The molecule has 0 fully saturated rings. The highest BCUT2D eigenvalue weighted by molar-refractivity contribution is 9.10. The largest absolute Gasteiger partial charge is 0.478 e. The average Bonchev–Trinajstić information content (AvgIpc) is 2.34. The van der Waals surface area contributed by atoms with Crippen LogP contribution < -0.4 is 5.32 Å². The number of aromatic carboxylic acids is 1. The summed E-state index contributed by atoms with van der Waals surface area (Å²) >= 11 is 3.05. The summed E-state index contributed by atoms with van der Waals surface area (Å²) in [5, 5.41) is 11.7. The monoisotopic (exact) mass is 310 g/mol. The van der Waals surface area contributed by atoms with Crippen LogP contribution in [0.5, 0.6) is 0 Å². The van der Waals surface area contributed by atoms with Gasteiger partial charge in [-0.1, -0.05) is 0 Å². The molecule has 0 aliphatic heterocycles. The van der Waals surface area contributed by atoms with Crippen molar-refractivity contribution in [1.82, 2.24) is 4.98 Å². The van der Waals surface area contributed by atoms with E-state index in [1.807, 2.05) is 0 Å². The number of nitrogens with zero attached hydrogens (tertiary/aromatic N) is 1. The first-order chi connectivity index (χ1) is 8.56.